The summed E-state index contributed by atoms with van der Waals surface area (Å²) >= 11 is 0. The predicted octanol–water partition coefficient (Wildman–Crippen LogP) is 3.88. The second-order valence-corrected chi connectivity index (χ2v) is 5.28. The summed E-state index contributed by atoms with van der Waals surface area (Å²) in [6, 6.07) is 0. The number of allylic oxidation sites excluding steroid dienone is 4. The lowest BCUT2D eigenvalue weighted by Crippen LogP contribution is -2.07. The molecular weight excluding hydrogens is 280 g/mol. The van der Waals surface area contributed by atoms with Crippen molar-refractivity contribution in [2.24, 2.45) is 0 Å². The Hall–Kier alpha value is -1.84. The standard InChI is InChI=1S/C18H26O4/c1-21-17(19)15-11-8-6-4-3-5-7-9-12-16(14-10-13-15)18(20)22-2/h4,6,12-13H,3,5,7-11,14H2,1-2H3/b6-4-,15-13+,16-12+. The minimum Gasteiger partial charge on any atom is -0.466 e. The molecule has 0 aromatic rings. The number of hydrogen-bond donors (Lipinski definition) is 0. The van der Waals surface area contributed by atoms with Gasteiger partial charge in [0.25, 0.3) is 0 Å². The molecule has 0 bridgehead atoms. The third kappa shape index (κ3) is 6.74. The van der Waals surface area contributed by atoms with Gasteiger partial charge >= 0.3 is 11.9 Å². The molecule has 0 heterocycles. The molecule has 0 fully saturated rings. The van der Waals surface area contributed by atoms with Gasteiger partial charge in [-0.15, -0.1) is 0 Å². The quantitative estimate of drug-likeness (QED) is 0.574. The summed E-state index contributed by atoms with van der Waals surface area (Å²) in [7, 11) is 2.79. The Morgan fingerprint density at radius 3 is 1.91 bits per heavy atom. The van der Waals surface area contributed by atoms with Gasteiger partial charge in [-0.2, -0.15) is 0 Å². The number of hydrogen-bond acceptors (Lipinski definition) is 4. The molecule has 0 aliphatic heterocycles. The molecule has 0 spiro atoms. The van der Waals surface area contributed by atoms with Crippen molar-refractivity contribution in [3.05, 3.63) is 35.5 Å². The summed E-state index contributed by atoms with van der Waals surface area (Å²) in [5, 5.41) is 0. The van der Waals surface area contributed by atoms with E-state index in [4.69, 9.17) is 9.47 Å². The molecule has 4 heteroatoms. The first-order valence-electron chi connectivity index (χ1n) is 7.88. The predicted molar refractivity (Wildman–Crippen MR) is 86.3 cm³/mol. The first-order valence-corrected chi connectivity index (χ1v) is 7.88. The molecular formula is C18H26O4. The van der Waals surface area contributed by atoms with Crippen LogP contribution < -0.4 is 0 Å². The lowest BCUT2D eigenvalue weighted by Gasteiger charge is -2.07. The average Bonchev–Trinajstić information content (AvgIpc) is 2.55. The van der Waals surface area contributed by atoms with Gasteiger partial charge in [-0.3, -0.25) is 0 Å². The highest BCUT2D eigenvalue weighted by molar-refractivity contribution is 5.89. The fourth-order valence-electron chi connectivity index (χ4n) is 2.40. The molecule has 0 aromatic carbocycles. The number of ether oxygens (including phenoxy) is 2. The van der Waals surface area contributed by atoms with Crippen molar-refractivity contribution in [2.45, 2.75) is 51.4 Å². The lowest BCUT2D eigenvalue weighted by molar-refractivity contribution is -0.137. The van der Waals surface area contributed by atoms with Crippen molar-refractivity contribution in [2.75, 3.05) is 14.2 Å². The van der Waals surface area contributed by atoms with E-state index in [9.17, 15) is 9.59 Å². The van der Waals surface area contributed by atoms with Gasteiger partial charge in [0.15, 0.2) is 0 Å². The Bertz CT molecular complexity index is 458. The maximum atomic E-state index is 11.8. The van der Waals surface area contributed by atoms with E-state index in [1.807, 2.05) is 12.2 Å². The van der Waals surface area contributed by atoms with Gasteiger partial charge in [0, 0.05) is 11.1 Å². The monoisotopic (exact) mass is 306 g/mol. The molecule has 22 heavy (non-hydrogen) atoms. The molecule has 0 saturated carbocycles. The summed E-state index contributed by atoms with van der Waals surface area (Å²) in [6.45, 7) is 0. The third-order valence-corrected chi connectivity index (χ3v) is 3.66. The second kappa shape index (κ2) is 10.8. The molecule has 0 saturated heterocycles. The van der Waals surface area contributed by atoms with Crippen LogP contribution in [0.15, 0.2) is 35.5 Å². The number of rotatable bonds is 2. The Morgan fingerprint density at radius 1 is 0.773 bits per heavy atom. The lowest BCUT2D eigenvalue weighted by atomic mass is 10.0. The van der Waals surface area contributed by atoms with Crippen LogP contribution in [0.1, 0.15) is 51.4 Å². The van der Waals surface area contributed by atoms with Gasteiger partial charge in [0.05, 0.1) is 14.2 Å². The van der Waals surface area contributed by atoms with E-state index in [2.05, 4.69) is 12.2 Å². The maximum Gasteiger partial charge on any atom is 0.333 e. The summed E-state index contributed by atoms with van der Waals surface area (Å²) in [5.41, 5.74) is 1.36. The van der Waals surface area contributed by atoms with E-state index < -0.39 is 0 Å². The summed E-state index contributed by atoms with van der Waals surface area (Å²) in [6.07, 6.45) is 14.9. The minimum atomic E-state index is -0.288. The average molecular weight is 306 g/mol. The molecule has 1 aliphatic carbocycles. The van der Waals surface area contributed by atoms with Crippen LogP contribution in [-0.2, 0) is 19.1 Å². The fraction of sp³-hybridized carbons (Fsp3) is 0.556. The topological polar surface area (TPSA) is 52.6 Å². The summed E-state index contributed by atoms with van der Waals surface area (Å²) in [5.74, 6) is -0.566. The molecule has 1 aliphatic rings. The Morgan fingerprint density at radius 2 is 1.27 bits per heavy atom. The number of esters is 2. The minimum absolute atomic E-state index is 0.278. The highest BCUT2D eigenvalue weighted by atomic mass is 16.5. The first-order chi connectivity index (χ1) is 10.7. The zero-order valence-electron chi connectivity index (χ0n) is 13.6. The maximum absolute atomic E-state index is 11.8. The van der Waals surface area contributed by atoms with Crippen LogP contribution >= 0.6 is 0 Å². The summed E-state index contributed by atoms with van der Waals surface area (Å²) in [4.78, 5) is 23.5. The molecule has 0 unspecified atom stereocenters. The van der Waals surface area contributed by atoms with Crippen LogP contribution in [0, 0.1) is 0 Å². The van der Waals surface area contributed by atoms with Crippen molar-refractivity contribution in [3.8, 4) is 0 Å². The Kier molecular flexibility index (Phi) is 8.96. The zero-order chi connectivity index (χ0) is 16.2. The largest absolute Gasteiger partial charge is 0.466 e. The molecule has 0 N–H and O–H groups in total. The van der Waals surface area contributed by atoms with Crippen LogP contribution in [0.3, 0.4) is 0 Å². The van der Waals surface area contributed by atoms with E-state index in [0.717, 1.165) is 32.1 Å². The van der Waals surface area contributed by atoms with E-state index in [0.29, 0.717) is 30.4 Å². The van der Waals surface area contributed by atoms with Gasteiger partial charge in [-0.05, 0) is 51.4 Å². The van der Waals surface area contributed by atoms with Gasteiger partial charge in [-0.1, -0.05) is 24.3 Å². The van der Waals surface area contributed by atoms with Crippen LogP contribution in [0.5, 0.6) is 0 Å². The van der Waals surface area contributed by atoms with E-state index in [1.165, 1.54) is 14.2 Å². The van der Waals surface area contributed by atoms with Crippen LogP contribution in [-0.4, -0.2) is 26.2 Å². The van der Waals surface area contributed by atoms with E-state index in [1.54, 1.807) is 0 Å². The molecule has 1 rings (SSSR count). The molecule has 0 amide bonds. The van der Waals surface area contributed by atoms with Gasteiger partial charge in [-0.25, -0.2) is 9.59 Å². The van der Waals surface area contributed by atoms with E-state index >= 15 is 0 Å². The van der Waals surface area contributed by atoms with Crippen molar-refractivity contribution < 1.29 is 19.1 Å². The fourth-order valence-corrected chi connectivity index (χ4v) is 2.40. The number of methoxy groups -OCH3 is 2. The molecule has 0 aromatic heterocycles. The van der Waals surface area contributed by atoms with Crippen molar-refractivity contribution in [3.63, 3.8) is 0 Å². The molecule has 4 nitrogen and oxygen atoms in total. The van der Waals surface area contributed by atoms with Crippen LogP contribution in [0.2, 0.25) is 0 Å². The molecule has 122 valence electrons. The third-order valence-electron chi connectivity index (χ3n) is 3.66. The second-order valence-electron chi connectivity index (χ2n) is 5.28. The SMILES string of the molecule is COC(=O)/C1=C/CC/C(C(=O)OC)=C\CCCC/C=C\CC1. The number of carbonyl (C=O) groups is 2. The first kappa shape index (κ1) is 18.2. The van der Waals surface area contributed by atoms with Gasteiger partial charge in [0.2, 0.25) is 0 Å². The van der Waals surface area contributed by atoms with Gasteiger partial charge < -0.3 is 9.47 Å². The highest BCUT2D eigenvalue weighted by Gasteiger charge is 2.11. The summed E-state index contributed by atoms with van der Waals surface area (Å²) < 4.78 is 9.64. The van der Waals surface area contributed by atoms with Crippen molar-refractivity contribution in [1.82, 2.24) is 0 Å². The van der Waals surface area contributed by atoms with Gasteiger partial charge in [0.1, 0.15) is 0 Å². The molecule has 0 radical (unpaired) electrons. The highest BCUT2D eigenvalue weighted by Crippen LogP contribution is 2.16. The van der Waals surface area contributed by atoms with Crippen molar-refractivity contribution >= 4 is 11.9 Å². The smallest absolute Gasteiger partial charge is 0.333 e. The zero-order valence-corrected chi connectivity index (χ0v) is 13.6. The van der Waals surface area contributed by atoms with Crippen LogP contribution in [0.25, 0.3) is 0 Å². The normalized spacial score (nSPS) is 23.9. The Balaban J connectivity index is 2.83. The number of carbonyl (C=O) groups excluding carboxylic acids is 2. The van der Waals surface area contributed by atoms with Crippen LogP contribution in [0.4, 0.5) is 0 Å². The molecule has 0 atom stereocenters. The van der Waals surface area contributed by atoms with E-state index in [-0.39, 0.29) is 11.9 Å². The van der Waals surface area contributed by atoms with Crippen molar-refractivity contribution in [1.29, 1.82) is 0 Å². The Labute approximate surface area is 132 Å².